The first-order valence-electron chi connectivity index (χ1n) is 11.3. The number of benzene rings is 1. The van der Waals surface area contributed by atoms with Gasteiger partial charge in [-0.05, 0) is 68.0 Å². The van der Waals surface area contributed by atoms with Gasteiger partial charge in [-0.2, -0.15) is 0 Å². The first-order chi connectivity index (χ1) is 15.3. The van der Waals surface area contributed by atoms with Crippen LogP contribution in [0.4, 0.5) is 5.82 Å². The highest BCUT2D eigenvalue weighted by molar-refractivity contribution is 7.91. The minimum absolute atomic E-state index is 0.0610. The van der Waals surface area contributed by atoms with E-state index in [0.29, 0.717) is 11.4 Å². The number of hydrogen-bond donors (Lipinski definition) is 1. The van der Waals surface area contributed by atoms with Gasteiger partial charge in [-0.1, -0.05) is 12.1 Å². The maximum atomic E-state index is 12.6. The van der Waals surface area contributed by atoms with Gasteiger partial charge in [0.15, 0.2) is 9.84 Å². The number of ether oxygens (including phenoxy) is 1. The number of aromatic nitrogens is 1. The van der Waals surface area contributed by atoms with E-state index in [0.717, 1.165) is 49.3 Å². The van der Waals surface area contributed by atoms with Crippen molar-refractivity contribution in [3.63, 3.8) is 0 Å². The fourth-order valence-electron chi connectivity index (χ4n) is 4.45. The fourth-order valence-corrected chi connectivity index (χ4v) is 5.74. The molecule has 2 atom stereocenters. The predicted octanol–water partition coefficient (Wildman–Crippen LogP) is 2.66. The summed E-state index contributed by atoms with van der Waals surface area (Å²) in [5, 5.41) is 2.80. The van der Waals surface area contributed by atoms with Crippen LogP contribution in [0.25, 0.3) is 0 Å². The van der Waals surface area contributed by atoms with Crippen molar-refractivity contribution in [3.05, 3.63) is 53.2 Å². The van der Waals surface area contributed by atoms with Crippen molar-refractivity contribution in [3.8, 4) is 0 Å². The summed E-state index contributed by atoms with van der Waals surface area (Å²) >= 11 is 0. The molecule has 1 saturated heterocycles. The van der Waals surface area contributed by atoms with Gasteiger partial charge in [0.25, 0.3) is 0 Å². The average molecular weight is 458 g/mol. The summed E-state index contributed by atoms with van der Waals surface area (Å²) in [7, 11) is -3.48. The maximum Gasteiger partial charge on any atom is 0.221 e. The molecule has 8 heteroatoms. The lowest BCUT2D eigenvalue weighted by molar-refractivity contribution is -0.120. The van der Waals surface area contributed by atoms with Gasteiger partial charge in [0.05, 0.1) is 22.9 Å². The lowest BCUT2D eigenvalue weighted by atomic mass is 10.1. The molecule has 1 fully saturated rings. The highest BCUT2D eigenvalue weighted by Gasteiger charge is 2.23. The van der Waals surface area contributed by atoms with Crippen molar-refractivity contribution in [2.75, 3.05) is 23.7 Å². The van der Waals surface area contributed by atoms with E-state index in [2.05, 4.69) is 29.0 Å². The van der Waals surface area contributed by atoms with Gasteiger partial charge in [-0.3, -0.25) is 4.79 Å². The number of nitrogens with one attached hydrogen (secondary N) is 1. The van der Waals surface area contributed by atoms with Crippen molar-refractivity contribution >= 4 is 21.6 Å². The summed E-state index contributed by atoms with van der Waals surface area (Å²) in [6.45, 7) is 6.02. The molecule has 1 aliphatic heterocycles. The minimum Gasteiger partial charge on any atom is -0.372 e. The van der Waals surface area contributed by atoms with Crippen molar-refractivity contribution in [2.45, 2.75) is 63.2 Å². The molecule has 0 radical (unpaired) electrons. The minimum atomic E-state index is -3.48. The van der Waals surface area contributed by atoms with Gasteiger partial charge in [-0.15, -0.1) is 0 Å². The van der Waals surface area contributed by atoms with Crippen LogP contribution in [0.5, 0.6) is 0 Å². The van der Waals surface area contributed by atoms with Crippen LogP contribution in [0.2, 0.25) is 0 Å². The molecule has 0 spiro atoms. The van der Waals surface area contributed by atoms with Crippen LogP contribution in [0.15, 0.2) is 41.4 Å². The smallest absolute Gasteiger partial charge is 0.221 e. The van der Waals surface area contributed by atoms with E-state index >= 15 is 0 Å². The summed E-state index contributed by atoms with van der Waals surface area (Å²) in [4.78, 5) is 19.3. The molecule has 7 nitrogen and oxygen atoms in total. The summed E-state index contributed by atoms with van der Waals surface area (Å²) in [6, 6.07) is 9.24. The number of aryl methyl sites for hydroxylation is 2. The Bertz CT molecular complexity index is 1060. The standard InChI is InChI=1S/C24H31N3O4S/c1-17-15-27(16-18(2)31-17)23-9-6-19(13-25-23)14-26-24(28)10-11-32(29,30)22-8-7-20-4-3-5-21(20)12-22/h6-9,12-13,17-18H,3-5,10-11,14-16H2,1-2H3,(H,26,28). The molecule has 4 rings (SSSR count). The summed E-state index contributed by atoms with van der Waals surface area (Å²) in [5.41, 5.74) is 3.23. The molecule has 0 bridgehead atoms. The lowest BCUT2D eigenvalue weighted by Gasteiger charge is -2.36. The topological polar surface area (TPSA) is 88.6 Å². The molecule has 172 valence electrons. The zero-order valence-electron chi connectivity index (χ0n) is 18.7. The van der Waals surface area contributed by atoms with E-state index < -0.39 is 9.84 Å². The van der Waals surface area contributed by atoms with E-state index in [9.17, 15) is 13.2 Å². The summed E-state index contributed by atoms with van der Waals surface area (Å²) in [5.74, 6) is 0.416. The maximum absolute atomic E-state index is 12.6. The predicted molar refractivity (Wildman–Crippen MR) is 123 cm³/mol. The Kier molecular flexibility index (Phi) is 6.81. The molecule has 1 aromatic carbocycles. The van der Waals surface area contributed by atoms with E-state index in [4.69, 9.17) is 4.74 Å². The van der Waals surface area contributed by atoms with E-state index in [1.54, 1.807) is 18.3 Å². The van der Waals surface area contributed by atoms with Gasteiger partial charge < -0.3 is 15.0 Å². The Morgan fingerprint density at radius 1 is 1.12 bits per heavy atom. The quantitative estimate of drug-likeness (QED) is 0.688. The van der Waals surface area contributed by atoms with Crippen LogP contribution in [-0.4, -0.2) is 50.4 Å². The second kappa shape index (κ2) is 9.58. The summed E-state index contributed by atoms with van der Waals surface area (Å²) in [6.07, 6.45) is 5.02. The molecular weight excluding hydrogens is 426 g/mol. The first-order valence-corrected chi connectivity index (χ1v) is 12.9. The molecule has 0 saturated carbocycles. The van der Waals surface area contributed by atoms with Crippen LogP contribution in [-0.2, 0) is 38.8 Å². The number of carbonyl (C=O) groups is 1. The number of hydrogen-bond acceptors (Lipinski definition) is 6. The third-order valence-electron chi connectivity index (χ3n) is 6.07. The normalized spacial score (nSPS) is 20.8. The number of amides is 1. The Hall–Kier alpha value is -2.45. The number of carbonyl (C=O) groups excluding carboxylic acids is 1. The number of fused-ring (bicyclic) bond motifs is 1. The highest BCUT2D eigenvalue weighted by Crippen LogP contribution is 2.25. The molecule has 2 unspecified atom stereocenters. The molecule has 32 heavy (non-hydrogen) atoms. The van der Waals surface area contributed by atoms with Crippen LogP contribution in [0, 0.1) is 0 Å². The van der Waals surface area contributed by atoms with Gasteiger partial charge >= 0.3 is 0 Å². The third kappa shape index (κ3) is 5.48. The van der Waals surface area contributed by atoms with Gasteiger partial charge in [0, 0.05) is 32.3 Å². The van der Waals surface area contributed by atoms with Crippen molar-refractivity contribution in [2.24, 2.45) is 0 Å². The Morgan fingerprint density at radius 3 is 2.59 bits per heavy atom. The van der Waals surface area contributed by atoms with Crippen molar-refractivity contribution in [1.82, 2.24) is 10.3 Å². The van der Waals surface area contributed by atoms with Gasteiger partial charge in [0.1, 0.15) is 5.82 Å². The summed E-state index contributed by atoms with van der Waals surface area (Å²) < 4.78 is 31.0. The third-order valence-corrected chi connectivity index (χ3v) is 7.78. The molecule has 2 aliphatic rings. The number of sulfone groups is 1. The largest absolute Gasteiger partial charge is 0.372 e. The Labute approximate surface area is 190 Å². The Balaban J connectivity index is 1.27. The lowest BCUT2D eigenvalue weighted by Crippen LogP contribution is -2.45. The number of rotatable bonds is 7. The average Bonchev–Trinajstić information content (AvgIpc) is 3.24. The van der Waals surface area contributed by atoms with Crippen molar-refractivity contribution in [1.29, 1.82) is 0 Å². The zero-order valence-corrected chi connectivity index (χ0v) is 19.5. The van der Waals surface area contributed by atoms with E-state index in [1.807, 2.05) is 18.2 Å². The fraction of sp³-hybridized carbons (Fsp3) is 0.500. The van der Waals surface area contributed by atoms with Crippen LogP contribution >= 0.6 is 0 Å². The highest BCUT2D eigenvalue weighted by atomic mass is 32.2. The van der Waals surface area contributed by atoms with Crippen molar-refractivity contribution < 1.29 is 17.9 Å². The molecular formula is C24H31N3O4S. The second-order valence-corrected chi connectivity index (χ2v) is 10.9. The second-order valence-electron chi connectivity index (χ2n) is 8.82. The SMILES string of the molecule is CC1CN(c2ccc(CNC(=O)CCS(=O)(=O)c3ccc4c(c3)CCC4)cn2)CC(C)O1. The van der Waals surface area contributed by atoms with Crippen LogP contribution < -0.4 is 10.2 Å². The number of morpholine rings is 1. The monoisotopic (exact) mass is 457 g/mol. The number of pyridine rings is 1. The zero-order chi connectivity index (χ0) is 22.7. The van der Waals surface area contributed by atoms with E-state index in [-0.39, 0.29) is 30.3 Å². The van der Waals surface area contributed by atoms with Crippen LogP contribution in [0.1, 0.15) is 43.4 Å². The first kappa shape index (κ1) is 22.7. The molecule has 1 N–H and O–H groups in total. The van der Waals surface area contributed by atoms with Crippen LogP contribution in [0.3, 0.4) is 0 Å². The molecule has 1 aromatic heterocycles. The number of anilines is 1. The number of nitrogens with zero attached hydrogens (tertiary/aromatic N) is 2. The van der Waals surface area contributed by atoms with Gasteiger partial charge in [0.2, 0.25) is 5.91 Å². The van der Waals surface area contributed by atoms with E-state index in [1.165, 1.54) is 5.56 Å². The van der Waals surface area contributed by atoms with Gasteiger partial charge in [-0.25, -0.2) is 13.4 Å². The molecule has 1 amide bonds. The molecule has 2 aromatic rings. The Morgan fingerprint density at radius 2 is 1.88 bits per heavy atom. The molecule has 2 heterocycles. The molecule has 1 aliphatic carbocycles.